The maximum atomic E-state index is 12.1. The molecule has 0 fully saturated rings. The fourth-order valence-corrected chi connectivity index (χ4v) is 1.78. The summed E-state index contributed by atoms with van der Waals surface area (Å²) in [5.74, 6) is -0.728. The maximum absolute atomic E-state index is 12.1. The highest BCUT2D eigenvalue weighted by atomic mass is 16.5. The molecule has 1 rings (SSSR count). The number of aliphatic carboxylic acids is 1. The van der Waals surface area contributed by atoms with Gasteiger partial charge >= 0.3 is 5.97 Å². The Labute approximate surface area is 129 Å². The summed E-state index contributed by atoms with van der Waals surface area (Å²) >= 11 is 0. The van der Waals surface area contributed by atoms with Crippen molar-refractivity contribution in [2.45, 2.75) is 45.3 Å². The first kappa shape index (κ1) is 17.5. The van der Waals surface area contributed by atoms with Gasteiger partial charge in [-0.25, -0.2) is 0 Å². The zero-order chi connectivity index (χ0) is 16.8. The van der Waals surface area contributed by atoms with Gasteiger partial charge in [0.2, 0.25) is 0 Å². The molecule has 0 bridgehead atoms. The van der Waals surface area contributed by atoms with Gasteiger partial charge in [0, 0.05) is 12.0 Å². The number of benzene rings is 1. The number of hydrogen-bond donors (Lipinski definition) is 2. The lowest BCUT2D eigenvalue weighted by molar-refractivity contribution is -0.138. The van der Waals surface area contributed by atoms with E-state index >= 15 is 0 Å². The fraction of sp³-hybridized carbons (Fsp3) is 0.438. The summed E-state index contributed by atoms with van der Waals surface area (Å²) in [7, 11) is 0. The third-order valence-corrected chi connectivity index (χ3v) is 3.09. The molecular weight excluding hydrogens is 284 g/mol. The SMILES string of the molecule is CC(Oc1ccc(C#N)cc1)C(=O)NC(C)(C)CCC(=O)O. The zero-order valence-corrected chi connectivity index (χ0v) is 12.9. The molecule has 0 heterocycles. The van der Waals surface area contributed by atoms with Crippen LogP contribution in [0.3, 0.4) is 0 Å². The van der Waals surface area contributed by atoms with Crippen LogP contribution in [0.15, 0.2) is 24.3 Å². The minimum Gasteiger partial charge on any atom is -0.481 e. The number of amides is 1. The molecule has 0 saturated heterocycles. The Kier molecular flexibility index (Phi) is 5.93. The van der Waals surface area contributed by atoms with Crippen LogP contribution in [0.25, 0.3) is 0 Å². The number of ether oxygens (including phenoxy) is 1. The number of carbonyl (C=O) groups is 2. The van der Waals surface area contributed by atoms with E-state index in [-0.39, 0.29) is 12.3 Å². The molecule has 0 aliphatic carbocycles. The highest BCUT2D eigenvalue weighted by molar-refractivity contribution is 5.81. The molecule has 0 spiro atoms. The van der Waals surface area contributed by atoms with Gasteiger partial charge in [-0.3, -0.25) is 9.59 Å². The average molecular weight is 304 g/mol. The second kappa shape index (κ2) is 7.46. The number of carboxylic acids is 1. The minimum atomic E-state index is -0.899. The second-order valence-corrected chi connectivity index (χ2v) is 5.66. The summed E-state index contributed by atoms with van der Waals surface area (Å²) in [6.07, 6.45) is -0.410. The van der Waals surface area contributed by atoms with E-state index in [4.69, 9.17) is 15.1 Å². The van der Waals surface area contributed by atoms with Crippen LogP contribution in [0, 0.1) is 11.3 Å². The molecule has 6 heteroatoms. The van der Waals surface area contributed by atoms with Crippen LogP contribution in [-0.2, 0) is 9.59 Å². The first-order valence-corrected chi connectivity index (χ1v) is 6.94. The highest BCUT2D eigenvalue weighted by Gasteiger charge is 2.25. The molecule has 0 aliphatic rings. The van der Waals surface area contributed by atoms with Crippen molar-refractivity contribution in [1.29, 1.82) is 5.26 Å². The van der Waals surface area contributed by atoms with Gasteiger partial charge in [-0.05, 0) is 51.5 Å². The number of carboxylic acid groups (broad SMARTS) is 1. The zero-order valence-electron chi connectivity index (χ0n) is 12.9. The van der Waals surface area contributed by atoms with E-state index in [1.54, 1.807) is 45.0 Å². The number of hydrogen-bond acceptors (Lipinski definition) is 4. The van der Waals surface area contributed by atoms with Crippen LogP contribution in [0.4, 0.5) is 0 Å². The standard InChI is InChI=1S/C16H20N2O4/c1-11(22-13-6-4-12(10-17)5-7-13)15(21)18-16(2,3)9-8-14(19)20/h4-7,11H,8-9H2,1-3H3,(H,18,21)(H,19,20). The van der Waals surface area contributed by atoms with Gasteiger partial charge in [0.1, 0.15) is 5.75 Å². The van der Waals surface area contributed by atoms with E-state index < -0.39 is 17.6 Å². The fourth-order valence-electron chi connectivity index (χ4n) is 1.78. The summed E-state index contributed by atoms with van der Waals surface area (Å²) in [4.78, 5) is 22.7. The van der Waals surface area contributed by atoms with Gasteiger partial charge in [-0.1, -0.05) is 0 Å². The molecule has 1 atom stereocenters. The Balaban J connectivity index is 2.57. The van der Waals surface area contributed by atoms with E-state index in [9.17, 15) is 9.59 Å². The monoisotopic (exact) mass is 304 g/mol. The smallest absolute Gasteiger partial charge is 0.303 e. The first-order valence-electron chi connectivity index (χ1n) is 6.94. The number of rotatable bonds is 7. The van der Waals surface area contributed by atoms with Crippen LogP contribution >= 0.6 is 0 Å². The van der Waals surface area contributed by atoms with Crippen molar-refractivity contribution >= 4 is 11.9 Å². The molecular formula is C16H20N2O4. The number of nitriles is 1. The van der Waals surface area contributed by atoms with E-state index in [1.165, 1.54) is 0 Å². The number of nitrogens with zero attached hydrogens (tertiary/aromatic N) is 1. The van der Waals surface area contributed by atoms with Crippen LogP contribution in [0.1, 0.15) is 39.2 Å². The third kappa shape index (κ3) is 5.83. The molecule has 0 radical (unpaired) electrons. The van der Waals surface area contributed by atoms with E-state index in [0.717, 1.165) is 0 Å². The highest BCUT2D eigenvalue weighted by Crippen LogP contribution is 2.15. The number of nitrogens with one attached hydrogen (secondary N) is 1. The molecule has 0 saturated carbocycles. The predicted octanol–water partition coefficient (Wildman–Crippen LogP) is 2.09. The molecule has 2 N–H and O–H groups in total. The van der Waals surface area contributed by atoms with Gasteiger partial charge in [0.15, 0.2) is 6.10 Å². The molecule has 118 valence electrons. The molecule has 1 amide bonds. The molecule has 1 aromatic rings. The van der Waals surface area contributed by atoms with Crippen LogP contribution < -0.4 is 10.1 Å². The Morgan fingerprint density at radius 3 is 2.45 bits per heavy atom. The maximum Gasteiger partial charge on any atom is 0.303 e. The van der Waals surface area contributed by atoms with Gasteiger partial charge < -0.3 is 15.2 Å². The Hall–Kier alpha value is -2.55. The van der Waals surface area contributed by atoms with Crippen molar-refractivity contribution in [1.82, 2.24) is 5.32 Å². The number of carbonyl (C=O) groups excluding carboxylic acids is 1. The van der Waals surface area contributed by atoms with Crippen molar-refractivity contribution in [3.63, 3.8) is 0 Å². The van der Waals surface area contributed by atoms with Crippen molar-refractivity contribution < 1.29 is 19.4 Å². The summed E-state index contributed by atoms with van der Waals surface area (Å²) in [5, 5.41) is 20.2. The topological polar surface area (TPSA) is 99.4 Å². The molecule has 0 aromatic heterocycles. The molecule has 1 aromatic carbocycles. The van der Waals surface area contributed by atoms with Crippen LogP contribution in [0.2, 0.25) is 0 Å². The minimum absolute atomic E-state index is 0.0157. The van der Waals surface area contributed by atoms with Gasteiger partial charge in [-0.15, -0.1) is 0 Å². The van der Waals surface area contributed by atoms with Crippen molar-refractivity contribution in [2.75, 3.05) is 0 Å². The lowest BCUT2D eigenvalue weighted by Crippen LogP contribution is -2.48. The average Bonchev–Trinajstić information content (AvgIpc) is 2.45. The molecule has 22 heavy (non-hydrogen) atoms. The van der Waals surface area contributed by atoms with Crippen LogP contribution in [0.5, 0.6) is 5.75 Å². The summed E-state index contributed by atoms with van der Waals surface area (Å²) in [5.41, 5.74) is -0.114. The Morgan fingerprint density at radius 2 is 1.95 bits per heavy atom. The molecule has 1 unspecified atom stereocenters. The van der Waals surface area contributed by atoms with E-state index in [0.29, 0.717) is 17.7 Å². The van der Waals surface area contributed by atoms with E-state index in [2.05, 4.69) is 5.32 Å². The lowest BCUT2D eigenvalue weighted by Gasteiger charge is -2.27. The largest absolute Gasteiger partial charge is 0.481 e. The third-order valence-electron chi connectivity index (χ3n) is 3.09. The summed E-state index contributed by atoms with van der Waals surface area (Å²) in [6.45, 7) is 5.14. The van der Waals surface area contributed by atoms with Crippen molar-refractivity contribution in [3.05, 3.63) is 29.8 Å². The van der Waals surface area contributed by atoms with Crippen molar-refractivity contribution in [3.8, 4) is 11.8 Å². The molecule has 0 aliphatic heterocycles. The predicted molar refractivity (Wildman–Crippen MR) is 80.3 cm³/mol. The first-order chi connectivity index (χ1) is 10.2. The normalized spacial score (nSPS) is 12.1. The van der Waals surface area contributed by atoms with Crippen LogP contribution in [-0.4, -0.2) is 28.6 Å². The Bertz CT molecular complexity index is 573. The van der Waals surface area contributed by atoms with Crippen molar-refractivity contribution in [2.24, 2.45) is 0 Å². The summed E-state index contributed by atoms with van der Waals surface area (Å²) in [6, 6.07) is 8.46. The van der Waals surface area contributed by atoms with Gasteiger partial charge in [0.25, 0.3) is 5.91 Å². The molecule has 6 nitrogen and oxygen atoms in total. The lowest BCUT2D eigenvalue weighted by atomic mass is 9.98. The second-order valence-electron chi connectivity index (χ2n) is 5.66. The van der Waals surface area contributed by atoms with Gasteiger partial charge in [0.05, 0.1) is 11.6 Å². The Morgan fingerprint density at radius 1 is 1.36 bits per heavy atom. The quantitative estimate of drug-likeness (QED) is 0.803. The van der Waals surface area contributed by atoms with Gasteiger partial charge in [-0.2, -0.15) is 5.26 Å². The van der Waals surface area contributed by atoms with E-state index in [1.807, 2.05) is 6.07 Å². The summed E-state index contributed by atoms with van der Waals surface area (Å²) < 4.78 is 5.51.